The minimum atomic E-state index is -0.548. The van der Waals surface area contributed by atoms with E-state index in [1.165, 1.54) is 0 Å². The number of amides is 2. The molecule has 1 fully saturated rings. The first kappa shape index (κ1) is 30.2. The normalized spacial score (nSPS) is 16.6. The number of nitrogens with zero attached hydrogens (tertiary/aromatic N) is 4. The Balaban J connectivity index is 1.52. The lowest BCUT2D eigenvalue weighted by molar-refractivity contribution is 0.0215. The van der Waals surface area contributed by atoms with Gasteiger partial charge in [-0.15, -0.1) is 0 Å². The van der Waals surface area contributed by atoms with Crippen LogP contribution in [0.15, 0.2) is 48.5 Å². The van der Waals surface area contributed by atoms with Gasteiger partial charge in [0.15, 0.2) is 0 Å². The van der Waals surface area contributed by atoms with Crippen LogP contribution in [0.4, 0.5) is 15.5 Å². The lowest BCUT2D eigenvalue weighted by Gasteiger charge is -2.37. The molecule has 0 bridgehead atoms. The van der Waals surface area contributed by atoms with Gasteiger partial charge in [-0.3, -0.25) is 0 Å². The number of carbonyl (C=O) groups excluding carboxylic acids is 2. The Kier molecular flexibility index (Phi) is 8.85. The van der Waals surface area contributed by atoms with E-state index in [0.717, 1.165) is 35.0 Å². The molecular weight excluding hydrogens is 518 g/mol. The molecule has 2 aromatic carbocycles. The second-order valence-electron chi connectivity index (χ2n) is 13.1. The maximum Gasteiger partial charge on any atom is 0.410 e. The second kappa shape index (κ2) is 12.0. The molecule has 0 aliphatic carbocycles. The van der Waals surface area contributed by atoms with Gasteiger partial charge in [0.2, 0.25) is 5.95 Å². The molecule has 222 valence electrons. The van der Waals surface area contributed by atoms with Crippen LogP contribution in [0.3, 0.4) is 0 Å². The first-order valence-corrected chi connectivity index (χ1v) is 14.4. The summed E-state index contributed by atoms with van der Waals surface area (Å²) >= 11 is 0. The van der Waals surface area contributed by atoms with Crippen molar-refractivity contribution in [1.82, 2.24) is 19.4 Å². The van der Waals surface area contributed by atoms with E-state index in [1.807, 2.05) is 80.8 Å². The summed E-state index contributed by atoms with van der Waals surface area (Å²) in [5.74, 6) is 0.398. The molecule has 3 aromatic rings. The highest BCUT2D eigenvalue weighted by atomic mass is 16.6. The molecule has 2 atom stereocenters. The molecule has 1 aliphatic heterocycles. The molecule has 0 saturated carbocycles. The first-order chi connectivity index (χ1) is 19.2. The molecule has 0 radical (unpaired) electrons. The van der Waals surface area contributed by atoms with Crippen LogP contribution >= 0.6 is 0 Å². The monoisotopic (exact) mass is 563 g/mol. The second-order valence-corrected chi connectivity index (χ2v) is 13.1. The van der Waals surface area contributed by atoms with E-state index in [9.17, 15) is 9.59 Å². The molecule has 1 aliphatic rings. The molecule has 0 spiro atoms. The summed E-state index contributed by atoms with van der Waals surface area (Å²) in [7, 11) is 0. The van der Waals surface area contributed by atoms with Crippen LogP contribution in [0, 0.1) is 5.41 Å². The number of hydrogen-bond donors (Lipinski definition) is 1. The molecule has 2 unspecified atom stereocenters. The topological polar surface area (TPSA) is 103 Å². The molecule has 2 heterocycles. The van der Waals surface area contributed by atoms with E-state index in [4.69, 9.17) is 15.2 Å². The fraction of sp³-hybridized carbons (Fsp3) is 0.531. The molecule has 41 heavy (non-hydrogen) atoms. The number of anilines is 1. The number of imidazole rings is 1. The Morgan fingerprint density at radius 1 is 1.07 bits per heavy atom. The molecule has 9 heteroatoms. The van der Waals surface area contributed by atoms with Crippen LogP contribution in [0.5, 0.6) is 0 Å². The molecule has 1 saturated heterocycles. The summed E-state index contributed by atoms with van der Waals surface area (Å²) in [6, 6.07) is 15.6. The zero-order valence-electron chi connectivity index (χ0n) is 25.5. The van der Waals surface area contributed by atoms with Gasteiger partial charge in [0.25, 0.3) is 0 Å². The highest BCUT2D eigenvalue weighted by molar-refractivity contribution is 5.79. The smallest absolute Gasteiger partial charge is 0.410 e. The summed E-state index contributed by atoms with van der Waals surface area (Å²) in [4.78, 5) is 34.3. The number of ether oxygens (including phenoxy) is 2. The predicted octanol–water partition coefficient (Wildman–Crippen LogP) is 6.59. The fourth-order valence-electron chi connectivity index (χ4n) is 5.11. The SMILES string of the molecule is CC(N(Cc1ccc2c(c1)nc(N)n2CC1CCCN1C(=O)OC(C)(C)C)C(=O)OCc1ccccc1)C(C)(C)C. The highest BCUT2D eigenvalue weighted by Gasteiger charge is 2.34. The highest BCUT2D eigenvalue weighted by Crippen LogP contribution is 2.29. The van der Waals surface area contributed by atoms with Crippen LogP contribution in [0.25, 0.3) is 11.0 Å². The van der Waals surface area contributed by atoms with Gasteiger partial charge >= 0.3 is 12.2 Å². The van der Waals surface area contributed by atoms with E-state index in [-0.39, 0.29) is 36.3 Å². The molecule has 9 nitrogen and oxygen atoms in total. The van der Waals surface area contributed by atoms with Crippen molar-refractivity contribution in [2.24, 2.45) is 5.41 Å². The van der Waals surface area contributed by atoms with Crippen molar-refractivity contribution < 1.29 is 19.1 Å². The van der Waals surface area contributed by atoms with E-state index in [0.29, 0.717) is 25.6 Å². The van der Waals surface area contributed by atoms with Gasteiger partial charge < -0.3 is 29.6 Å². The van der Waals surface area contributed by atoms with Crippen molar-refractivity contribution in [2.75, 3.05) is 12.3 Å². The van der Waals surface area contributed by atoms with Crippen molar-refractivity contribution in [2.45, 2.75) is 98.7 Å². The van der Waals surface area contributed by atoms with Crippen LogP contribution in [0.2, 0.25) is 0 Å². The van der Waals surface area contributed by atoms with Crippen molar-refractivity contribution in [3.8, 4) is 0 Å². The number of fused-ring (bicyclic) bond motifs is 1. The molecular formula is C32H45N5O4. The summed E-state index contributed by atoms with van der Waals surface area (Å²) in [6.45, 7) is 15.8. The van der Waals surface area contributed by atoms with Crippen molar-refractivity contribution in [3.63, 3.8) is 0 Å². The van der Waals surface area contributed by atoms with Crippen molar-refractivity contribution in [3.05, 3.63) is 59.7 Å². The van der Waals surface area contributed by atoms with Crippen LogP contribution in [-0.2, 0) is 29.2 Å². The Labute approximate surface area is 243 Å². The van der Waals surface area contributed by atoms with Gasteiger partial charge in [-0.1, -0.05) is 57.2 Å². The summed E-state index contributed by atoms with van der Waals surface area (Å²) in [5, 5.41) is 0. The van der Waals surface area contributed by atoms with Gasteiger partial charge in [-0.05, 0) is 69.2 Å². The average Bonchev–Trinajstić information content (AvgIpc) is 3.48. The predicted molar refractivity (Wildman–Crippen MR) is 161 cm³/mol. The van der Waals surface area contributed by atoms with Gasteiger partial charge in [-0.2, -0.15) is 0 Å². The first-order valence-electron chi connectivity index (χ1n) is 14.4. The largest absolute Gasteiger partial charge is 0.445 e. The number of rotatable bonds is 7. The Bertz CT molecular complexity index is 1360. The third kappa shape index (κ3) is 7.51. The van der Waals surface area contributed by atoms with Crippen LogP contribution in [0.1, 0.15) is 72.4 Å². The standard InChI is InChI=1S/C32H45N5O4/c1-22(31(2,3)4)36(29(38)40-21-23-12-9-8-10-13-23)19-24-15-16-27-26(18-24)34-28(33)37(27)20-25-14-11-17-35(25)30(39)41-32(5,6)7/h8-10,12-13,15-16,18,22,25H,11,14,17,19-21H2,1-7H3,(H2,33,34). The molecule has 2 N–H and O–H groups in total. The Morgan fingerprint density at radius 3 is 2.44 bits per heavy atom. The Hall–Kier alpha value is -3.75. The summed E-state index contributed by atoms with van der Waals surface area (Å²) in [6.07, 6.45) is 1.15. The van der Waals surface area contributed by atoms with Crippen LogP contribution in [-0.4, -0.2) is 55.8 Å². The number of nitrogens with two attached hydrogens (primary N) is 1. The quantitative estimate of drug-likeness (QED) is 0.348. The number of aromatic nitrogens is 2. The van der Waals surface area contributed by atoms with Gasteiger partial charge in [0.1, 0.15) is 12.2 Å². The van der Waals surface area contributed by atoms with E-state index >= 15 is 0 Å². The zero-order valence-corrected chi connectivity index (χ0v) is 25.5. The number of benzene rings is 2. The molecule has 1 aromatic heterocycles. The minimum Gasteiger partial charge on any atom is -0.445 e. The number of likely N-dealkylation sites (tertiary alicyclic amines) is 1. The molecule has 4 rings (SSSR count). The van der Waals surface area contributed by atoms with Crippen molar-refractivity contribution in [1.29, 1.82) is 0 Å². The number of hydrogen-bond acceptors (Lipinski definition) is 6. The fourth-order valence-corrected chi connectivity index (χ4v) is 5.11. The lowest BCUT2D eigenvalue weighted by Crippen LogP contribution is -2.45. The minimum absolute atomic E-state index is 0.0215. The Morgan fingerprint density at radius 2 is 1.78 bits per heavy atom. The third-order valence-electron chi connectivity index (χ3n) is 7.75. The zero-order chi connectivity index (χ0) is 29.9. The van der Waals surface area contributed by atoms with Gasteiger partial charge in [0, 0.05) is 25.7 Å². The van der Waals surface area contributed by atoms with Gasteiger partial charge in [0.05, 0.1) is 17.1 Å². The number of carbonyl (C=O) groups is 2. The summed E-state index contributed by atoms with van der Waals surface area (Å²) in [5.41, 5.74) is 9.21. The van der Waals surface area contributed by atoms with E-state index in [1.54, 1.807) is 9.80 Å². The summed E-state index contributed by atoms with van der Waals surface area (Å²) < 4.78 is 13.3. The number of nitrogen functional groups attached to an aromatic ring is 1. The van der Waals surface area contributed by atoms with Crippen molar-refractivity contribution >= 4 is 29.2 Å². The van der Waals surface area contributed by atoms with Gasteiger partial charge in [-0.25, -0.2) is 14.6 Å². The van der Waals surface area contributed by atoms with E-state index in [2.05, 4.69) is 25.8 Å². The lowest BCUT2D eigenvalue weighted by atomic mass is 9.87. The maximum atomic E-state index is 13.3. The third-order valence-corrected chi connectivity index (χ3v) is 7.75. The van der Waals surface area contributed by atoms with Crippen LogP contribution < -0.4 is 5.73 Å². The van der Waals surface area contributed by atoms with E-state index < -0.39 is 5.60 Å². The molecule has 2 amide bonds. The average molecular weight is 564 g/mol. The maximum absolute atomic E-state index is 13.3.